The molecule has 0 unspecified atom stereocenters. The van der Waals surface area contributed by atoms with Gasteiger partial charge < -0.3 is 25.8 Å². The molecule has 7 nitrogen and oxygen atoms in total. The summed E-state index contributed by atoms with van der Waals surface area (Å²) in [6.45, 7) is 0.0315. The molecule has 3 aliphatic rings. The maximum absolute atomic E-state index is 15.0. The van der Waals surface area contributed by atoms with E-state index in [1.807, 2.05) is 0 Å². The molecule has 1 saturated heterocycles. The summed E-state index contributed by atoms with van der Waals surface area (Å²) in [5.74, 6) is -2.83. The average molecular weight is 582 g/mol. The number of ether oxygens (including phenoxy) is 1. The molecule has 4 N–H and O–H groups in total. The van der Waals surface area contributed by atoms with Crippen molar-refractivity contribution < 1.29 is 28.2 Å². The predicted octanol–water partition coefficient (Wildman–Crippen LogP) is 4.29. The van der Waals surface area contributed by atoms with Crippen LogP contribution in [0.25, 0.3) is 0 Å². The molecule has 210 valence electrons. The fourth-order valence-corrected chi connectivity index (χ4v) is 7.12. The minimum atomic E-state index is -1.38. The number of nitrogens with one attached hydrogen (secondary N) is 3. The Kier molecular flexibility index (Phi) is 8.18. The number of benzene rings is 2. The first-order valence-electron chi connectivity index (χ1n) is 13.2. The van der Waals surface area contributed by atoms with Gasteiger partial charge in [-0.2, -0.15) is 0 Å². The lowest BCUT2D eigenvalue weighted by atomic mass is 9.62. The van der Waals surface area contributed by atoms with E-state index >= 15 is 0 Å². The summed E-state index contributed by atoms with van der Waals surface area (Å²) in [4.78, 5) is 27.9. The zero-order valence-corrected chi connectivity index (χ0v) is 22.9. The van der Waals surface area contributed by atoms with Gasteiger partial charge in [-0.1, -0.05) is 42.1 Å². The van der Waals surface area contributed by atoms with Crippen LogP contribution < -0.4 is 16.0 Å². The molecule has 1 saturated carbocycles. The van der Waals surface area contributed by atoms with Gasteiger partial charge in [-0.05, 0) is 60.6 Å². The molecule has 5 rings (SSSR count). The number of carbonyl (C=O) groups is 2. The molecule has 0 aromatic heterocycles. The zero-order chi connectivity index (χ0) is 27.9. The van der Waals surface area contributed by atoms with E-state index in [0.717, 1.165) is 25.7 Å². The van der Waals surface area contributed by atoms with E-state index in [4.69, 9.17) is 27.9 Å². The number of amides is 2. The molecule has 1 spiro atoms. The molecule has 2 heterocycles. The van der Waals surface area contributed by atoms with Crippen LogP contribution in [0.3, 0.4) is 0 Å². The molecule has 2 fully saturated rings. The second-order valence-electron chi connectivity index (χ2n) is 10.6. The van der Waals surface area contributed by atoms with Gasteiger partial charge in [-0.15, -0.1) is 0 Å². The van der Waals surface area contributed by atoms with Crippen molar-refractivity contribution in [3.05, 3.63) is 63.1 Å². The minimum Gasteiger partial charge on any atom is -0.394 e. The number of aliphatic hydroxyl groups is 1. The van der Waals surface area contributed by atoms with Crippen LogP contribution in [0.1, 0.15) is 49.1 Å². The molecular formula is C28H31Cl2F2N3O4. The van der Waals surface area contributed by atoms with Gasteiger partial charge in [-0.3, -0.25) is 9.59 Å². The Morgan fingerprint density at radius 2 is 1.90 bits per heavy atom. The Morgan fingerprint density at radius 1 is 1.18 bits per heavy atom. The molecule has 5 atom stereocenters. The van der Waals surface area contributed by atoms with Crippen molar-refractivity contribution in [3.63, 3.8) is 0 Å². The molecule has 2 amide bonds. The van der Waals surface area contributed by atoms with Crippen LogP contribution in [0.5, 0.6) is 0 Å². The number of halogens is 4. The molecule has 2 aromatic rings. The first-order chi connectivity index (χ1) is 18.7. The minimum absolute atomic E-state index is 0.0453. The Balaban J connectivity index is 1.65. The maximum atomic E-state index is 15.0. The third-order valence-electron chi connectivity index (χ3n) is 8.56. The summed E-state index contributed by atoms with van der Waals surface area (Å²) < 4.78 is 34.4. The third-order valence-corrected chi connectivity index (χ3v) is 9.14. The Bertz CT molecular complexity index is 1270. The van der Waals surface area contributed by atoms with Crippen LogP contribution in [0.15, 0.2) is 30.3 Å². The summed E-state index contributed by atoms with van der Waals surface area (Å²) in [6.07, 6.45) is 3.58. The second kappa shape index (κ2) is 11.3. The first kappa shape index (κ1) is 28.2. The van der Waals surface area contributed by atoms with Gasteiger partial charge >= 0.3 is 0 Å². The number of anilines is 1. The van der Waals surface area contributed by atoms with Gasteiger partial charge in [0.15, 0.2) is 0 Å². The SMILES string of the molecule is CO[C@H](CO)CCNC(=O)[C@@H]1N[C@H](C2CCCC2)[C@]2(C(=O)Nc3cc(Cl)c(F)cc32)[C@H]1c1ccc(F)c(Cl)c1. The molecular weight excluding hydrogens is 551 g/mol. The highest BCUT2D eigenvalue weighted by Gasteiger charge is 2.67. The topological polar surface area (TPSA) is 99.7 Å². The monoisotopic (exact) mass is 581 g/mol. The first-order valence-corrected chi connectivity index (χ1v) is 13.9. The predicted molar refractivity (Wildman–Crippen MR) is 144 cm³/mol. The number of hydrogen-bond acceptors (Lipinski definition) is 5. The largest absolute Gasteiger partial charge is 0.394 e. The Morgan fingerprint density at radius 3 is 2.56 bits per heavy atom. The quantitative estimate of drug-likeness (QED) is 0.373. The van der Waals surface area contributed by atoms with E-state index in [0.29, 0.717) is 23.2 Å². The average Bonchev–Trinajstić information content (AvgIpc) is 3.62. The number of fused-ring (bicyclic) bond motifs is 2. The highest BCUT2D eigenvalue weighted by atomic mass is 35.5. The van der Waals surface area contributed by atoms with Crippen LogP contribution in [0.2, 0.25) is 10.0 Å². The molecule has 1 aliphatic carbocycles. The van der Waals surface area contributed by atoms with Crippen molar-refractivity contribution in [1.82, 2.24) is 10.6 Å². The summed E-state index contributed by atoms with van der Waals surface area (Å²) in [7, 11) is 1.48. The maximum Gasteiger partial charge on any atom is 0.237 e. The Labute approximate surface area is 235 Å². The molecule has 0 bridgehead atoms. The van der Waals surface area contributed by atoms with Crippen LogP contribution in [-0.4, -0.2) is 55.4 Å². The van der Waals surface area contributed by atoms with E-state index in [9.17, 15) is 23.5 Å². The van der Waals surface area contributed by atoms with E-state index in [1.54, 1.807) is 0 Å². The van der Waals surface area contributed by atoms with Crippen molar-refractivity contribution in [2.45, 2.75) is 61.6 Å². The highest BCUT2D eigenvalue weighted by Crippen LogP contribution is 2.58. The number of carbonyl (C=O) groups excluding carboxylic acids is 2. The number of methoxy groups -OCH3 is 1. The highest BCUT2D eigenvalue weighted by molar-refractivity contribution is 6.31. The van der Waals surface area contributed by atoms with Crippen molar-refractivity contribution in [2.75, 3.05) is 25.6 Å². The normalized spacial score (nSPS) is 27.1. The van der Waals surface area contributed by atoms with Crippen molar-refractivity contribution in [2.24, 2.45) is 5.92 Å². The van der Waals surface area contributed by atoms with Gasteiger partial charge in [0.2, 0.25) is 11.8 Å². The summed E-state index contributed by atoms with van der Waals surface area (Å²) in [5, 5.41) is 18.4. The number of aliphatic hydroxyl groups excluding tert-OH is 1. The molecule has 11 heteroatoms. The standard InChI is InChI=1S/C28H31Cl2F2N3O4/c1-39-16(13-36)8-9-33-26(37)24-23(15-6-7-20(31)18(29)10-15)28(25(35-24)14-4-2-3-5-14)17-11-21(32)19(30)12-22(17)34-27(28)38/h6-7,10-12,14,16,23-25,35-36H,2-5,8-9,13H2,1H3,(H,33,37)(H,34,38)/t16-,23-,24+,25+,28+/m0/s1. The van der Waals surface area contributed by atoms with Crippen LogP contribution in [0, 0.1) is 17.6 Å². The fourth-order valence-electron chi connectivity index (χ4n) is 6.77. The van der Waals surface area contributed by atoms with E-state index in [-0.39, 0.29) is 40.9 Å². The van der Waals surface area contributed by atoms with Gasteiger partial charge in [0.25, 0.3) is 0 Å². The van der Waals surface area contributed by atoms with Crippen LogP contribution in [0.4, 0.5) is 14.5 Å². The van der Waals surface area contributed by atoms with Gasteiger partial charge in [-0.25, -0.2) is 8.78 Å². The van der Waals surface area contributed by atoms with Crippen LogP contribution in [-0.2, 0) is 19.7 Å². The van der Waals surface area contributed by atoms with Crippen molar-refractivity contribution in [1.29, 1.82) is 0 Å². The molecule has 39 heavy (non-hydrogen) atoms. The van der Waals surface area contributed by atoms with Crippen molar-refractivity contribution in [3.8, 4) is 0 Å². The van der Waals surface area contributed by atoms with Gasteiger partial charge in [0.1, 0.15) is 17.0 Å². The lowest BCUT2D eigenvalue weighted by Gasteiger charge is -2.37. The van der Waals surface area contributed by atoms with Crippen LogP contribution >= 0.6 is 23.2 Å². The van der Waals surface area contributed by atoms with E-state index in [2.05, 4.69) is 16.0 Å². The fraction of sp³-hybridized carbons (Fsp3) is 0.500. The third kappa shape index (κ3) is 4.82. The molecule has 0 radical (unpaired) electrons. The second-order valence-corrected chi connectivity index (χ2v) is 11.4. The lowest BCUT2D eigenvalue weighted by Crippen LogP contribution is -2.51. The lowest BCUT2D eigenvalue weighted by molar-refractivity contribution is -0.124. The zero-order valence-electron chi connectivity index (χ0n) is 21.4. The summed E-state index contributed by atoms with van der Waals surface area (Å²) in [6, 6.07) is 5.43. The van der Waals surface area contributed by atoms with Gasteiger partial charge in [0.05, 0.1) is 28.8 Å². The number of hydrogen-bond donors (Lipinski definition) is 4. The number of rotatable bonds is 8. The van der Waals surface area contributed by atoms with Crippen molar-refractivity contribution >= 4 is 40.7 Å². The van der Waals surface area contributed by atoms with E-state index in [1.165, 1.54) is 37.4 Å². The van der Waals surface area contributed by atoms with Gasteiger partial charge in [0, 0.05) is 31.3 Å². The van der Waals surface area contributed by atoms with E-state index < -0.39 is 41.2 Å². The molecule has 2 aromatic carbocycles. The Hall–Kier alpha value is -2.30. The summed E-state index contributed by atoms with van der Waals surface area (Å²) >= 11 is 12.3. The smallest absolute Gasteiger partial charge is 0.237 e. The molecule has 2 aliphatic heterocycles. The summed E-state index contributed by atoms with van der Waals surface area (Å²) in [5.41, 5.74) is -0.0855.